The minimum Gasteiger partial charge on any atom is -0.480 e. The van der Waals surface area contributed by atoms with E-state index in [2.05, 4.69) is 5.32 Å². The van der Waals surface area contributed by atoms with Gasteiger partial charge in [0.1, 0.15) is 6.04 Å². The van der Waals surface area contributed by atoms with Crippen LogP contribution in [0.2, 0.25) is 0 Å². The fourth-order valence-corrected chi connectivity index (χ4v) is 1.99. The summed E-state index contributed by atoms with van der Waals surface area (Å²) in [5, 5.41) is 20.5. The molecule has 1 aliphatic rings. The lowest BCUT2D eigenvalue weighted by Gasteiger charge is -2.37. The fourth-order valence-electron chi connectivity index (χ4n) is 1.99. The first-order chi connectivity index (χ1) is 9.85. The Morgan fingerprint density at radius 2 is 2.14 bits per heavy atom. The number of aliphatic hydroxyl groups excluding tert-OH is 1. The van der Waals surface area contributed by atoms with Gasteiger partial charge in [-0.05, 0) is 13.3 Å². The van der Waals surface area contributed by atoms with E-state index in [9.17, 15) is 14.4 Å². The Bertz CT molecular complexity index is 402. The Morgan fingerprint density at radius 1 is 1.48 bits per heavy atom. The SMILES string of the molecule is CC1COC(CO)CN1C(=O)N[C@H](CCC(N)=O)C(=O)O. The summed E-state index contributed by atoms with van der Waals surface area (Å²) in [5.41, 5.74) is 4.97. The van der Waals surface area contributed by atoms with Gasteiger partial charge in [0.2, 0.25) is 5.91 Å². The van der Waals surface area contributed by atoms with Gasteiger partial charge in [0.25, 0.3) is 0 Å². The van der Waals surface area contributed by atoms with Gasteiger partial charge in [-0.25, -0.2) is 9.59 Å². The molecular formula is C12H21N3O6. The molecule has 3 amide bonds. The van der Waals surface area contributed by atoms with E-state index in [1.54, 1.807) is 6.92 Å². The molecule has 1 saturated heterocycles. The maximum Gasteiger partial charge on any atom is 0.326 e. The van der Waals surface area contributed by atoms with Gasteiger partial charge >= 0.3 is 12.0 Å². The largest absolute Gasteiger partial charge is 0.480 e. The Balaban J connectivity index is 2.62. The van der Waals surface area contributed by atoms with Crippen LogP contribution in [0.15, 0.2) is 0 Å². The number of nitrogens with two attached hydrogens (primary N) is 1. The zero-order valence-corrected chi connectivity index (χ0v) is 11.8. The maximum absolute atomic E-state index is 12.1. The van der Waals surface area contributed by atoms with Crippen LogP contribution in [0.25, 0.3) is 0 Å². The summed E-state index contributed by atoms with van der Waals surface area (Å²) in [6.45, 7) is 1.97. The van der Waals surface area contributed by atoms with E-state index in [1.807, 2.05) is 0 Å². The van der Waals surface area contributed by atoms with Crippen molar-refractivity contribution < 1.29 is 29.3 Å². The van der Waals surface area contributed by atoms with Gasteiger partial charge in [-0.2, -0.15) is 0 Å². The molecule has 1 rings (SSSR count). The third-order valence-electron chi connectivity index (χ3n) is 3.25. The van der Waals surface area contributed by atoms with Crippen molar-refractivity contribution in [3.63, 3.8) is 0 Å². The van der Waals surface area contributed by atoms with Crippen molar-refractivity contribution in [1.82, 2.24) is 10.2 Å². The first-order valence-electron chi connectivity index (χ1n) is 6.65. The summed E-state index contributed by atoms with van der Waals surface area (Å²) in [7, 11) is 0. The Labute approximate surface area is 122 Å². The first kappa shape index (κ1) is 17.2. The van der Waals surface area contributed by atoms with E-state index in [1.165, 1.54) is 4.90 Å². The van der Waals surface area contributed by atoms with Gasteiger partial charge in [0.15, 0.2) is 0 Å². The Morgan fingerprint density at radius 3 is 2.67 bits per heavy atom. The number of nitrogens with one attached hydrogen (secondary N) is 1. The van der Waals surface area contributed by atoms with Crippen LogP contribution in [0.1, 0.15) is 19.8 Å². The van der Waals surface area contributed by atoms with Crippen LogP contribution >= 0.6 is 0 Å². The highest BCUT2D eigenvalue weighted by atomic mass is 16.5. The second-order valence-corrected chi connectivity index (χ2v) is 4.98. The average Bonchev–Trinajstić information content (AvgIpc) is 2.43. The topological polar surface area (TPSA) is 142 Å². The van der Waals surface area contributed by atoms with Crippen molar-refractivity contribution in [1.29, 1.82) is 0 Å². The second-order valence-electron chi connectivity index (χ2n) is 4.98. The van der Waals surface area contributed by atoms with E-state index in [-0.39, 0.29) is 38.6 Å². The molecule has 0 saturated carbocycles. The number of aliphatic hydroxyl groups is 1. The molecule has 0 aromatic heterocycles. The number of nitrogens with zero attached hydrogens (tertiary/aromatic N) is 1. The number of hydrogen-bond donors (Lipinski definition) is 4. The molecule has 0 spiro atoms. The molecule has 1 aliphatic heterocycles. The highest BCUT2D eigenvalue weighted by molar-refractivity contribution is 5.83. The molecule has 9 nitrogen and oxygen atoms in total. The smallest absolute Gasteiger partial charge is 0.326 e. The zero-order valence-electron chi connectivity index (χ0n) is 11.8. The van der Waals surface area contributed by atoms with Gasteiger partial charge in [-0.15, -0.1) is 0 Å². The molecule has 2 unspecified atom stereocenters. The molecule has 21 heavy (non-hydrogen) atoms. The number of carboxylic acid groups (broad SMARTS) is 1. The highest BCUT2D eigenvalue weighted by Crippen LogP contribution is 2.12. The van der Waals surface area contributed by atoms with E-state index < -0.39 is 30.1 Å². The van der Waals surface area contributed by atoms with Gasteiger partial charge in [-0.1, -0.05) is 0 Å². The lowest BCUT2D eigenvalue weighted by molar-refractivity contribution is -0.139. The van der Waals surface area contributed by atoms with Crippen LogP contribution in [-0.4, -0.2) is 71.0 Å². The van der Waals surface area contributed by atoms with Crippen molar-refractivity contribution in [3.8, 4) is 0 Å². The van der Waals surface area contributed by atoms with Crippen LogP contribution in [0.5, 0.6) is 0 Å². The highest BCUT2D eigenvalue weighted by Gasteiger charge is 2.31. The van der Waals surface area contributed by atoms with Crippen LogP contribution in [0.4, 0.5) is 4.79 Å². The average molecular weight is 303 g/mol. The van der Waals surface area contributed by atoms with Crippen molar-refractivity contribution in [3.05, 3.63) is 0 Å². The molecule has 1 fully saturated rings. The number of hydrogen-bond acceptors (Lipinski definition) is 5. The number of primary amides is 1. The number of aliphatic carboxylic acids is 1. The molecule has 0 bridgehead atoms. The van der Waals surface area contributed by atoms with Gasteiger partial charge in [-0.3, -0.25) is 4.79 Å². The van der Waals surface area contributed by atoms with Crippen molar-refractivity contribution in [2.24, 2.45) is 5.73 Å². The van der Waals surface area contributed by atoms with Gasteiger partial charge in [0, 0.05) is 6.42 Å². The molecule has 9 heteroatoms. The van der Waals surface area contributed by atoms with Crippen molar-refractivity contribution in [2.45, 2.75) is 38.0 Å². The standard InChI is InChI=1S/C12H21N3O6/c1-7-6-21-8(5-16)4-15(7)12(20)14-9(11(18)19)2-3-10(13)17/h7-9,16H,2-6H2,1H3,(H2,13,17)(H,14,20)(H,18,19)/t7?,8?,9-/m1/s1. The summed E-state index contributed by atoms with van der Waals surface area (Å²) < 4.78 is 5.30. The lowest BCUT2D eigenvalue weighted by Crippen LogP contribution is -2.57. The molecule has 0 aromatic carbocycles. The molecule has 120 valence electrons. The molecule has 0 radical (unpaired) electrons. The number of ether oxygens (including phenoxy) is 1. The Kier molecular flexibility index (Phi) is 6.38. The normalized spacial score (nSPS) is 23.4. The lowest BCUT2D eigenvalue weighted by atomic mass is 10.1. The quantitative estimate of drug-likeness (QED) is 0.470. The predicted molar refractivity (Wildman–Crippen MR) is 71.4 cm³/mol. The summed E-state index contributed by atoms with van der Waals surface area (Å²) in [5.74, 6) is -1.86. The molecule has 1 heterocycles. The predicted octanol–water partition coefficient (Wildman–Crippen LogP) is -1.50. The fraction of sp³-hybridized carbons (Fsp3) is 0.750. The van der Waals surface area contributed by atoms with E-state index in [4.69, 9.17) is 20.7 Å². The first-order valence-corrected chi connectivity index (χ1v) is 6.65. The van der Waals surface area contributed by atoms with Gasteiger partial charge in [0.05, 0.1) is 31.9 Å². The van der Waals surface area contributed by atoms with Crippen LogP contribution < -0.4 is 11.1 Å². The summed E-state index contributed by atoms with van der Waals surface area (Å²) >= 11 is 0. The van der Waals surface area contributed by atoms with Crippen molar-refractivity contribution >= 4 is 17.9 Å². The summed E-state index contributed by atoms with van der Waals surface area (Å²) in [6.07, 6.45) is -0.686. The van der Waals surface area contributed by atoms with Crippen LogP contribution in [0, 0.1) is 0 Å². The zero-order chi connectivity index (χ0) is 16.0. The number of amides is 3. The van der Waals surface area contributed by atoms with Crippen molar-refractivity contribution in [2.75, 3.05) is 19.8 Å². The van der Waals surface area contributed by atoms with E-state index in [0.717, 1.165) is 0 Å². The molecule has 0 aromatic rings. The monoisotopic (exact) mass is 303 g/mol. The third-order valence-corrected chi connectivity index (χ3v) is 3.25. The Hall–Kier alpha value is -1.87. The number of morpholine rings is 1. The van der Waals surface area contributed by atoms with Gasteiger partial charge < -0.3 is 30.9 Å². The second kappa shape index (κ2) is 7.79. The minimum absolute atomic E-state index is 0.0709. The molecular weight excluding hydrogens is 282 g/mol. The van der Waals surface area contributed by atoms with Crippen LogP contribution in [0.3, 0.4) is 0 Å². The number of urea groups is 1. The molecule has 5 N–H and O–H groups in total. The maximum atomic E-state index is 12.1. The summed E-state index contributed by atoms with van der Waals surface area (Å²) in [6, 6.07) is -1.99. The van der Waals surface area contributed by atoms with E-state index >= 15 is 0 Å². The number of carbonyl (C=O) groups excluding carboxylic acids is 2. The number of carboxylic acids is 1. The molecule has 3 atom stereocenters. The van der Waals surface area contributed by atoms with Crippen LogP contribution in [-0.2, 0) is 14.3 Å². The number of rotatable bonds is 6. The summed E-state index contributed by atoms with van der Waals surface area (Å²) in [4.78, 5) is 35.3. The number of carbonyl (C=O) groups is 3. The minimum atomic E-state index is -1.23. The van der Waals surface area contributed by atoms with E-state index in [0.29, 0.717) is 0 Å². The molecule has 0 aliphatic carbocycles. The third kappa shape index (κ3) is 5.20.